The molecule has 0 unspecified atom stereocenters. The van der Waals surface area contributed by atoms with Crippen molar-refractivity contribution >= 4 is 0 Å². The van der Waals surface area contributed by atoms with Crippen molar-refractivity contribution in [3.63, 3.8) is 0 Å². The van der Waals surface area contributed by atoms with Crippen molar-refractivity contribution in [3.05, 3.63) is 0 Å². The Labute approximate surface area is 78.8 Å². The van der Waals surface area contributed by atoms with Crippen LogP contribution in [0.2, 0.25) is 0 Å². The summed E-state index contributed by atoms with van der Waals surface area (Å²) in [6.07, 6.45) is 10.3. The average Bonchev–Trinajstić information content (AvgIpc) is 2.03. The maximum Gasteiger partial charge on any atom is -0.0354 e. The molecule has 12 heavy (non-hydrogen) atoms. The van der Waals surface area contributed by atoms with Crippen molar-refractivity contribution in [2.75, 3.05) is 0 Å². The average molecular weight is 170 g/mol. The Morgan fingerprint density at radius 3 is 1.42 bits per heavy atom. The van der Waals surface area contributed by atoms with Crippen LogP contribution in [-0.2, 0) is 0 Å². The lowest BCUT2D eigenvalue weighted by atomic mass is 9.80. The predicted molar refractivity (Wildman–Crippen MR) is 57.4 cm³/mol. The molecule has 1 fully saturated rings. The lowest BCUT2D eigenvalue weighted by Crippen LogP contribution is -2.12. The summed E-state index contributed by atoms with van der Waals surface area (Å²) in [6.45, 7) is 8.83. The molecule has 0 amide bonds. The third-order valence-corrected chi connectivity index (χ3v) is 2.71. The van der Waals surface area contributed by atoms with Crippen LogP contribution < -0.4 is 0 Å². The van der Waals surface area contributed by atoms with Gasteiger partial charge in [0.1, 0.15) is 0 Å². The number of rotatable bonds is 0. The van der Waals surface area contributed by atoms with E-state index in [1.54, 1.807) is 0 Å². The van der Waals surface area contributed by atoms with Gasteiger partial charge in [0.2, 0.25) is 0 Å². The lowest BCUT2D eigenvalue weighted by molar-refractivity contribution is 0.266. The van der Waals surface area contributed by atoms with E-state index in [-0.39, 0.29) is 0 Å². The SMILES string of the molecule is CC.CC1(C)CCCCCCC1. The highest BCUT2D eigenvalue weighted by Gasteiger charge is 2.17. The first-order valence-electron chi connectivity index (χ1n) is 5.71. The zero-order chi connectivity index (χ0) is 9.45. The second-order valence-corrected chi connectivity index (χ2v) is 4.43. The third-order valence-electron chi connectivity index (χ3n) is 2.71. The van der Waals surface area contributed by atoms with Crippen molar-refractivity contribution in [1.29, 1.82) is 0 Å². The Morgan fingerprint density at radius 1 is 0.667 bits per heavy atom. The Bertz CT molecular complexity index is 82.2. The fourth-order valence-corrected chi connectivity index (χ4v) is 1.86. The first kappa shape index (κ1) is 12.0. The van der Waals surface area contributed by atoms with Crippen LogP contribution in [0, 0.1) is 5.41 Å². The molecule has 0 saturated heterocycles. The molecule has 1 aliphatic rings. The summed E-state index contributed by atoms with van der Waals surface area (Å²) in [5.74, 6) is 0. The maximum absolute atomic E-state index is 2.42. The Balaban J connectivity index is 0.000000561. The predicted octanol–water partition coefficient (Wildman–Crippen LogP) is 4.78. The van der Waals surface area contributed by atoms with E-state index in [2.05, 4.69) is 13.8 Å². The maximum atomic E-state index is 2.42. The van der Waals surface area contributed by atoms with Gasteiger partial charge in [0, 0.05) is 0 Å². The smallest absolute Gasteiger partial charge is 0.0354 e. The molecule has 0 nitrogen and oxygen atoms in total. The van der Waals surface area contributed by atoms with Crippen LogP contribution in [0.4, 0.5) is 0 Å². The van der Waals surface area contributed by atoms with Gasteiger partial charge in [-0.2, -0.15) is 0 Å². The number of hydrogen-bond acceptors (Lipinski definition) is 0. The normalized spacial score (nSPS) is 23.0. The molecular formula is C12H26. The van der Waals surface area contributed by atoms with Gasteiger partial charge in [-0.1, -0.05) is 59.8 Å². The summed E-state index contributed by atoms with van der Waals surface area (Å²) in [7, 11) is 0. The second kappa shape index (κ2) is 6.51. The van der Waals surface area contributed by atoms with Gasteiger partial charge in [0.25, 0.3) is 0 Å². The zero-order valence-electron chi connectivity index (χ0n) is 9.45. The van der Waals surface area contributed by atoms with Gasteiger partial charge < -0.3 is 0 Å². The van der Waals surface area contributed by atoms with Crippen molar-refractivity contribution < 1.29 is 0 Å². The molecule has 74 valence electrons. The molecule has 0 N–H and O–H groups in total. The van der Waals surface area contributed by atoms with Crippen LogP contribution in [-0.4, -0.2) is 0 Å². The van der Waals surface area contributed by atoms with Crippen molar-refractivity contribution in [3.8, 4) is 0 Å². The fourth-order valence-electron chi connectivity index (χ4n) is 1.86. The van der Waals surface area contributed by atoms with E-state index in [0.717, 1.165) is 0 Å². The molecule has 0 heteroatoms. The monoisotopic (exact) mass is 170 g/mol. The topological polar surface area (TPSA) is 0 Å². The standard InChI is InChI=1S/C10H20.C2H6/c1-10(2)8-6-4-3-5-7-9-10;1-2/h3-9H2,1-2H3;1-2H3. The van der Waals surface area contributed by atoms with Crippen molar-refractivity contribution in [2.45, 2.75) is 72.6 Å². The van der Waals surface area contributed by atoms with E-state index in [9.17, 15) is 0 Å². The molecule has 0 aromatic rings. The van der Waals surface area contributed by atoms with Gasteiger partial charge in [0.15, 0.2) is 0 Å². The third kappa shape index (κ3) is 5.62. The lowest BCUT2D eigenvalue weighted by Gasteiger charge is -2.26. The summed E-state index contributed by atoms with van der Waals surface area (Å²) in [5, 5.41) is 0. The Hall–Kier alpha value is 0. The highest BCUT2D eigenvalue weighted by Crippen LogP contribution is 2.32. The molecule has 1 rings (SSSR count). The van der Waals surface area contributed by atoms with Gasteiger partial charge in [0.05, 0.1) is 0 Å². The van der Waals surface area contributed by atoms with E-state index in [4.69, 9.17) is 0 Å². The zero-order valence-corrected chi connectivity index (χ0v) is 9.45. The minimum Gasteiger partial charge on any atom is -0.0683 e. The summed E-state index contributed by atoms with van der Waals surface area (Å²) in [6, 6.07) is 0. The molecule has 0 aliphatic heterocycles. The van der Waals surface area contributed by atoms with Gasteiger partial charge in [-0.15, -0.1) is 0 Å². The van der Waals surface area contributed by atoms with E-state index >= 15 is 0 Å². The minimum absolute atomic E-state index is 0.653. The Kier molecular flexibility index (Phi) is 6.51. The molecule has 0 aromatic carbocycles. The molecule has 0 bridgehead atoms. The first-order chi connectivity index (χ1) is 5.71. The summed E-state index contributed by atoms with van der Waals surface area (Å²) in [5.41, 5.74) is 0.653. The van der Waals surface area contributed by atoms with Gasteiger partial charge in [-0.3, -0.25) is 0 Å². The molecule has 0 spiro atoms. The fraction of sp³-hybridized carbons (Fsp3) is 1.00. The summed E-state index contributed by atoms with van der Waals surface area (Å²) < 4.78 is 0. The van der Waals surface area contributed by atoms with Gasteiger partial charge >= 0.3 is 0 Å². The van der Waals surface area contributed by atoms with E-state index in [1.165, 1.54) is 44.9 Å². The van der Waals surface area contributed by atoms with Crippen molar-refractivity contribution in [1.82, 2.24) is 0 Å². The highest BCUT2D eigenvalue weighted by atomic mass is 14.2. The van der Waals surface area contributed by atoms with E-state index < -0.39 is 0 Å². The number of hydrogen-bond donors (Lipinski definition) is 0. The minimum atomic E-state index is 0.653. The molecule has 0 atom stereocenters. The summed E-state index contributed by atoms with van der Waals surface area (Å²) >= 11 is 0. The molecule has 1 saturated carbocycles. The first-order valence-corrected chi connectivity index (χ1v) is 5.71. The van der Waals surface area contributed by atoms with Crippen LogP contribution in [0.3, 0.4) is 0 Å². The largest absolute Gasteiger partial charge is 0.0683 e. The van der Waals surface area contributed by atoms with Crippen LogP contribution in [0.1, 0.15) is 72.6 Å². The van der Waals surface area contributed by atoms with E-state index in [1.807, 2.05) is 13.8 Å². The van der Waals surface area contributed by atoms with Crippen LogP contribution in [0.5, 0.6) is 0 Å². The van der Waals surface area contributed by atoms with Crippen LogP contribution in [0.25, 0.3) is 0 Å². The molecule has 0 aromatic heterocycles. The second-order valence-electron chi connectivity index (χ2n) is 4.43. The van der Waals surface area contributed by atoms with Crippen molar-refractivity contribution in [2.24, 2.45) is 5.41 Å². The van der Waals surface area contributed by atoms with Crippen LogP contribution >= 0.6 is 0 Å². The van der Waals surface area contributed by atoms with E-state index in [0.29, 0.717) is 5.41 Å². The quantitative estimate of drug-likeness (QED) is 0.490. The molecule has 1 aliphatic carbocycles. The van der Waals surface area contributed by atoms with Gasteiger partial charge in [-0.05, 0) is 18.3 Å². The molecule has 0 radical (unpaired) electrons. The summed E-state index contributed by atoms with van der Waals surface area (Å²) in [4.78, 5) is 0. The molecule has 0 heterocycles. The molecular weight excluding hydrogens is 144 g/mol. The van der Waals surface area contributed by atoms with Gasteiger partial charge in [-0.25, -0.2) is 0 Å². The highest BCUT2D eigenvalue weighted by molar-refractivity contribution is 4.70. The van der Waals surface area contributed by atoms with Crippen LogP contribution in [0.15, 0.2) is 0 Å². The Morgan fingerprint density at radius 2 is 1.00 bits per heavy atom.